The molecule has 0 fully saturated rings. The average Bonchev–Trinajstić information content (AvgIpc) is 3.16. The van der Waals surface area contributed by atoms with Crippen molar-refractivity contribution in [1.29, 1.82) is 0 Å². The molecule has 144 valence electrons. The fourth-order valence-corrected chi connectivity index (χ4v) is 2.70. The van der Waals surface area contributed by atoms with Crippen LogP contribution in [0.4, 0.5) is 5.69 Å². The lowest BCUT2D eigenvalue weighted by atomic mass is 10.1. The van der Waals surface area contributed by atoms with Crippen molar-refractivity contribution >= 4 is 33.5 Å². The van der Waals surface area contributed by atoms with E-state index in [0.717, 1.165) is 15.6 Å². The molecule has 0 aliphatic rings. The van der Waals surface area contributed by atoms with E-state index in [1.54, 1.807) is 18.3 Å². The van der Waals surface area contributed by atoms with Gasteiger partial charge in [-0.25, -0.2) is 4.98 Å². The van der Waals surface area contributed by atoms with E-state index in [9.17, 15) is 9.59 Å². The minimum atomic E-state index is -0.485. The first-order valence-electron chi connectivity index (χ1n) is 8.72. The Morgan fingerprint density at radius 2 is 1.82 bits per heavy atom. The Balaban J connectivity index is 1.42. The highest BCUT2D eigenvalue weighted by Crippen LogP contribution is 2.21. The fraction of sp³-hybridized carbons (Fsp3) is 0.190. The van der Waals surface area contributed by atoms with Crippen LogP contribution in [0.3, 0.4) is 0 Å². The number of carbonyl (C=O) groups excluding carboxylic acids is 2. The first kappa shape index (κ1) is 19.8. The lowest BCUT2D eigenvalue weighted by Gasteiger charge is -2.06. The number of carbonyl (C=O) groups is 2. The highest BCUT2D eigenvalue weighted by Gasteiger charge is 2.11. The van der Waals surface area contributed by atoms with Gasteiger partial charge in [0.2, 0.25) is 0 Å². The summed E-state index contributed by atoms with van der Waals surface area (Å²) in [7, 11) is 0. The molecule has 0 saturated heterocycles. The molecule has 1 N–H and O–H groups in total. The molecule has 1 heterocycles. The Morgan fingerprint density at radius 3 is 2.54 bits per heavy atom. The number of hydrogen-bond acceptors (Lipinski definition) is 5. The average molecular weight is 443 g/mol. The standard InChI is InChI=1S/C21H19BrN2O4/c1-14-2-4-15(5-3-14)18-12-23-20(28-18)10-11-21(26)27-13-19(25)24-17-8-6-16(22)7-9-17/h2-9,12H,10-11,13H2,1H3,(H,24,25). The molecule has 7 heteroatoms. The van der Waals surface area contributed by atoms with E-state index in [2.05, 4.69) is 26.2 Å². The van der Waals surface area contributed by atoms with Crippen LogP contribution in [0, 0.1) is 6.92 Å². The zero-order valence-corrected chi connectivity index (χ0v) is 16.9. The van der Waals surface area contributed by atoms with Gasteiger partial charge in [0.25, 0.3) is 5.91 Å². The predicted octanol–water partition coefficient (Wildman–Crippen LogP) is 4.53. The number of halogens is 1. The van der Waals surface area contributed by atoms with E-state index >= 15 is 0 Å². The molecular weight excluding hydrogens is 424 g/mol. The van der Waals surface area contributed by atoms with E-state index in [0.29, 0.717) is 23.8 Å². The summed E-state index contributed by atoms with van der Waals surface area (Å²) in [5, 5.41) is 2.66. The third kappa shape index (κ3) is 5.79. The molecular formula is C21H19BrN2O4. The first-order chi connectivity index (χ1) is 13.5. The van der Waals surface area contributed by atoms with Crippen molar-refractivity contribution in [2.75, 3.05) is 11.9 Å². The minimum absolute atomic E-state index is 0.0828. The number of anilines is 1. The normalized spacial score (nSPS) is 10.5. The van der Waals surface area contributed by atoms with Gasteiger partial charge in [-0.05, 0) is 31.2 Å². The molecule has 0 saturated carbocycles. The summed E-state index contributed by atoms with van der Waals surface area (Å²) in [6.45, 7) is 1.68. The van der Waals surface area contributed by atoms with Crippen LogP contribution in [0.25, 0.3) is 11.3 Å². The predicted molar refractivity (Wildman–Crippen MR) is 109 cm³/mol. The Hall–Kier alpha value is -2.93. The molecule has 0 radical (unpaired) electrons. The molecule has 3 rings (SSSR count). The zero-order valence-electron chi connectivity index (χ0n) is 15.3. The van der Waals surface area contributed by atoms with Crippen molar-refractivity contribution in [2.45, 2.75) is 19.8 Å². The van der Waals surface area contributed by atoms with Gasteiger partial charge in [-0.1, -0.05) is 45.8 Å². The summed E-state index contributed by atoms with van der Waals surface area (Å²) in [5.74, 6) is 0.221. The second kappa shape index (κ2) is 9.32. The summed E-state index contributed by atoms with van der Waals surface area (Å²) >= 11 is 3.32. The van der Waals surface area contributed by atoms with Gasteiger partial charge in [-0.3, -0.25) is 9.59 Å². The van der Waals surface area contributed by atoms with Crippen molar-refractivity contribution in [1.82, 2.24) is 4.98 Å². The van der Waals surface area contributed by atoms with Crippen molar-refractivity contribution in [3.8, 4) is 11.3 Å². The molecule has 0 aliphatic heterocycles. The Labute approximate surface area is 171 Å². The molecule has 0 aliphatic carbocycles. The van der Waals surface area contributed by atoms with E-state index in [1.165, 1.54) is 0 Å². The van der Waals surface area contributed by atoms with Crippen molar-refractivity contribution in [2.24, 2.45) is 0 Å². The number of hydrogen-bond donors (Lipinski definition) is 1. The second-order valence-electron chi connectivity index (χ2n) is 6.20. The number of aryl methyl sites for hydroxylation is 2. The maximum atomic E-state index is 11.9. The van der Waals surface area contributed by atoms with E-state index in [4.69, 9.17) is 9.15 Å². The van der Waals surface area contributed by atoms with Gasteiger partial charge in [-0.2, -0.15) is 0 Å². The lowest BCUT2D eigenvalue weighted by Crippen LogP contribution is -2.21. The van der Waals surface area contributed by atoms with Crippen LogP contribution in [-0.2, 0) is 20.7 Å². The van der Waals surface area contributed by atoms with E-state index in [-0.39, 0.29) is 13.0 Å². The van der Waals surface area contributed by atoms with Gasteiger partial charge in [0.15, 0.2) is 18.3 Å². The molecule has 2 aromatic carbocycles. The quantitative estimate of drug-likeness (QED) is 0.543. The van der Waals surface area contributed by atoms with Crippen LogP contribution in [0.15, 0.2) is 63.6 Å². The molecule has 0 unspecified atom stereocenters. The molecule has 6 nitrogen and oxygen atoms in total. The van der Waals surface area contributed by atoms with Gasteiger partial charge in [-0.15, -0.1) is 0 Å². The fourth-order valence-electron chi connectivity index (χ4n) is 2.43. The Kier molecular flexibility index (Phi) is 6.60. The monoisotopic (exact) mass is 442 g/mol. The molecule has 28 heavy (non-hydrogen) atoms. The van der Waals surface area contributed by atoms with Gasteiger partial charge in [0.1, 0.15) is 0 Å². The maximum Gasteiger partial charge on any atom is 0.306 e. The first-order valence-corrected chi connectivity index (χ1v) is 9.52. The van der Waals surface area contributed by atoms with Gasteiger partial charge >= 0.3 is 5.97 Å². The minimum Gasteiger partial charge on any atom is -0.456 e. The largest absolute Gasteiger partial charge is 0.456 e. The van der Waals surface area contributed by atoms with Crippen LogP contribution in [0.2, 0.25) is 0 Å². The number of nitrogens with one attached hydrogen (secondary N) is 1. The number of esters is 1. The summed E-state index contributed by atoms with van der Waals surface area (Å²) in [6.07, 6.45) is 2.02. The number of aromatic nitrogens is 1. The number of benzene rings is 2. The van der Waals surface area contributed by atoms with Crippen molar-refractivity contribution < 1.29 is 18.7 Å². The number of nitrogens with zero attached hydrogens (tertiary/aromatic N) is 1. The van der Waals surface area contributed by atoms with Gasteiger partial charge in [0.05, 0.1) is 12.6 Å². The number of oxazole rings is 1. The molecule has 0 spiro atoms. The summed E-state index contributed by atoms with van der Waals surface area (Å²) in [5.41, 5.74) is 2.72. The Bertz CT molecular complexity index is 949. The van der Waals surface area contributed by atoms with Crippen molar-refractivity contribution in [3.63, 3.8) is 0 Å². The highest BCUT2D eigenvalue weighted by molar-refractivity contribution is 9.10. The van der Waals surface area contributed by atoms with Crippen LogP contribution in [0.1, 0.15) is 17.9 Å². The smallest absolute Gasteiger partial charge is 0.306 e. The summed E-state index contributed by atoms with van der Waals surface area (Å²) < 4.78 is 11.6. The molecule has 1 aromatic heterocycles. The van der Waals surface area contributed by atoms with Crippen LogP contribution in [0.5, 0.6) is 0 Å². The number of ether oxygens (including phenoxy) is 1. The zero-order chi connectivity index (χ0) is 19.9. The molecule has 0 atom stereocenters. The van der Waals surface area contributed by atoms with Gasteiger partial charge in [0, 0.05) is 22.1 Å². The molecule has 1 amide bonds. The number of amides is 1. The summed E-state index contributed by atoms with van der Waals surface area (Å²) in [6, 6.07) is 15.0. The second-order valence-corrected chi connectivity index (χ2v) is 7.12. The van der Waals surface area contributed by atoms with Crippen LogP contribution in [-0.4, -0.2) is 23.5 Å². The topological polar surface area (TPSA) is 81.4 Å². The van der Waals surface area contributed by atoms with Crippen LogP contribution < -0.4 is 5.32 Å². The SMILES string of the molecule is Cc1ccc(-c2cnc(CCC(=O)OCC(=O)Nc3ccc(Br)cc3)o2)cc1. The van der Waals surface area contributed by atoms with Gasteiger partial charge < -0.3 is 14.5 Å². The summed E-state index contributed by atoms with van der Waals surface area (Å²) in [4.78, 5) is 27.9. The third-order valence-corrected chi connectivity index (χ3v) is 4.45. The van der Waals surface area contributed by atoms with E-state index in [1.807, 2.05) is 43.3 Å². The molecule has 3 aromatic rings. The van der Waals surface area contributed by atoms with Crippen LogP contribution >= 0.6 is 15.9 Å². The highest BCUT2D eigenvalue weighted by atomic mass is 79.9. The number of rotatable bonds is 7. The molecule has 0 bridgehead atoms. The Morgan fingerprint density at radius 1 is 1.11 bits per heavy atom. The maximum absolute atomic E-state index is 11.9. The van der Waals surface area contributed by atoms with E-state index < -0.39 is 11.9 Å². The van der Waals surface area contributed by atoms with Crippen molar-refractivity contribution in [3.05, 3.63) is 70.7 Å². The third-order valence-electron chi connectivity index (χ3n) is 3.92. The lowest BCUT2D eigenvalue weighted by molar-refractivity contribution is -0.147.